The molecular weight excluding hydrogens is 272 g/mol. The maximum atomic E-state index is 11.4. The molecule has 0 saturated carbocycles. The first-order valence-corrected chi connectivity index (χ1v) is 8.39. The second-order valence-corrected chi connectivity index (χ2v) is 6.81. The molecule has 0 aliphatic heterocycles. The van der Waals surface area contributed by atoms with Gasteiger partial charge in [-0.2, -0.15) is 4.37 Å². The Morgan fingerprint density at radius 1 is 1.50 bits per heavy atom. The lowest BCUT2D eigenvalue weighted by atomic mass is 10.3. The van der Waals surface area contributed by atoms with Crippen molar-refractivity contribution in [2.75, 3.05) is 36.9 Å². The van der Waals surface area contributed by atoms with E-state index >= 15 is 0 Å². The zero-order chi connectivity index (χ0) is 13.8. The first-order chi connectivity index (χ1) is 8.36. The van der Waals surface area contributed by atoms with E-state index in [9.17, 15) is 8.42 Å². The smallest absolute Gasteiger partial charge is 0.211 e. The quantitative estimate of drug-likeness (QED) is 0.735. The Morgan fingerprint density at radius 2 is 2.17 bits per heavy atom. The second-order valence-electron chi connectivity index (χ2n) is 4.06. The number of nitrogen functional groups attached to an aromatic ring is 1. The Labute approximate surface area is 112 Å². The highest BCUT2D eigenvalue weighted by Crippen LogP contribution is 2.24. The van der Waals surface area contributed by atoms with E-state index in [-0.39, 0.29) is 0 Å². The summed E-state index contributed by atoms with van der Waals surface area (Å²) in [5, 5.41) is 4.17. The van der Waals surface area contributed by atoms with Gasteiger partial charge in [0, 0.05) is 25.2 Å². The van der Waals surface area contributed by atoms with Crippen LogP contribution in [0.1, 0.15) is 18.9 Å². The van der Waals surface area contributed by atoms with Crippen molar-refractivity contribution in [2.24, 2.45) is 0 Å². The Bertz CT molecular complexity index is 484. The highest BCUT2D eigenvalue weighted by Gasteiger charge is 2.13. The summed E-state index contributed by atoms with van der Waals surface area (Å²) in [5.41, 5.74) is 6.60. The van der Waals surface area contributed by atoms with Gasteiger partial charge >= 0.3 is 0 Å². The van der Waals surface area contributed by atoms with Crippen LogP contribution in [0.3, 0.4) is 0 Å². The molecule has 1 heterocycles. The molecule has 0 radical (unpaired) electrons. The van der Waals surface area contributed by atoms with Crippen LogP contribution in [0, 0.1) is 6.92 Å². The Balaban J connectivity index is 2.37. The fourth-order valence-corrected chi connectivity index (χ4v) is 3.19. The van der Waals surface area contributed by atoms with E-state index in [1.807, 2.05) is 13.8 Å². The van der Waals surface area contributed by atoms with Gasteiger partial charge in [0.1, 0.15) is 10.8 Å². The monoisotopic (exact) mass is 292 g/mol. The van der Waals surface area contributed by atoms with E-state index in [1.165, 1.54) is 22.1 Å². The Kier molecular flexibility index (Phi) is 5.36. The summed E-state index contributed by atoms with van der Waals surface area (Å²) in [4.78, 5) is 0. The third-order valence-corrected chi connectivity index (χ3v) is 4.95. The van der Waals surface area contributed by atoms with E-state index < -0.39 is 10.0 Å². The molecular formula is C10H20N4O2S2. The molecule has 8 heteroatoms. The lowest BCUT2D eigenvalue weighted by molar-refractivity contribution is 0.429. The molecule has 1 aromatic rings. The SMILES string of the molecule is CCN(CCCNc1snc(N)c1C)S(C)(=O)=O. The summed E-state index contributed by atoms with van der Waals surface area (Å²) >= 11 is 1.33. The fourth-order valence-electron chi connectivity index (χ4n) is 1.53. The van der Waals surface area contributed by atoms with Crippen LogP contribution in [0.25, 0.3) is 0 Å². The predicted octanol–water partition coefficient (Wildman–Crippen LogP) is 1.12. The topological polar surface area (TPSA) is 88.3 Å². The van der Waals surface area contributed by atoms with Crippen molar-refractivity contribution in [2.45, 2.75) is 20.3 Å². The number of anilines is 2. The van der Waals surface area contributed by atoms with Gasteiger partial charge in [-0.1, -0.05) is 6.92 Å². The van der Waals surface area contributed by atoms with E-state index in [4.69, 9.17) is 5.73 Å². The maximum Gasteiger partial charge on any atom is 0.211 e. The van der Waals surface area contributed by atoms with Gasteiger partial charge in [-0.3, -0.25) is 0 Å². The van der Waals surface area contributed by atoms with E-state index in [0.717, 1.165) is 17.0 Å². The lowest BCUT2D eigenvalue weighted by Gasteiger charge is -2.17. The summed E-state index contributed by atoms with van der Waals surface area (Å²) in [6.07, 6.45) is 1.98. The Morgan fingerprint density at radius 3 is 2.61 bits per heavy atom. The molecule has 1 rings (SSSR count). The molecule has 0 spiro atoms. The molecule has 0 fully saturated rings. The minimum absolute atomic E-state index is 0.505. The fraction of sp³-hybridized carbons (Fsp3) is 0.700. The zero-order valence-electron chi connectivity index (χ0n) is 10.9. The number of sulfonamides is 1. The highest BCUT2D eigenvalue weighted by atomic mass is 32.2. The number of rotatable bonds is 7. The normalized spacial score (nSPS) is 12.0. The van der Waals surface area contributed by atoms with Crippen molar-refractivity contribution < 1.29 is 8.42 Å². The van der Waals surface area contributed by atoms with Crippen LogP contribution in [0.4, 0.5) is 10.8 Å². The molecule has 0 saturated heterocycles. The molecule has 0 aliphatic rings. The molecule has 0 amide bonds. The molecule has 0 bridgehead atoms. The summed E-state index contributed by atoms with van der Waals surface area (Å²) < 4.78 is 28.2. The third-order valence-electron chi connectivity index (χ3n) is 2.65. The van der Waals surface area contributed by atoms with Crippen molar-refractivity contribution in [3.8, 4) is 0 Å². The molecule has 0 aromatic carbocycles. The van der Waals surface area contributed by atoms with Gasteiger partial charge < -0.3 is 11.1 Å². The number of nitrogens with zero attached hydrogens (tertiary/aromatic N) is 2. The summed E-state index contributed by atoms with van der Waals surface area (Å²) in [5.74, 6) is 0.550. The second kappa shape index (κ2) is 6.35. The van der Waals surface area contributed by atoms with Crippen LogP contribution in [0.2, 0.25) is 0 Å². The number of hydrogen-bond donors (Lipinski definition) is 2. The number of hydrogen-bond acceptors (Lipinski definition) is 6. The first-order valence-electron chi connectivity index (χ1n) is 5.77. The minimum atomic E-state index is -3.09. The summed E-state index contributed by atoms with van der Waals surface area (Å²) in [6, 6.07) is 0. The van der Waals surface area contributed by atoms with Gasteiger partial charge in [0.05, 0.1) is 6.26 Å². The largest absolute Gasteiger partial charge is 0.383 e. The summed E-state index contributed by atoms with van der Waals surface area (Å²) in [7, 11) is -3.09. The van der Waals surface area contributed by atoms with Crippen molar-refractivity contribution >= 4 is 32.4 Å². The molecule has 104 valence electrons. The average molecular weight is 292 g/mol. The van der Waals surface area contributed by atoms with Crippen molar-refractivity contribution in [3.63, 3.8) is 0 Å². The van der Waals surface area contributed by atoms with Crippen LogP contribution in [0.5, 0.6) is 0 Å². The van der Waals surface area contributed by atoms with Gasteiger partial charge in [0.25, 0.3) is 0 Å². The summed E-state index contributed by atoms with van der Waals surface area (Å²) in [6.45, 7) is 5.48. The van der Waals surface area contributed by atoms with Crippen LogP contribution < -0.4 is 11.1 Å². The molecule has 0 atom stereocenters. The predicted molar refractivity (Wildman–Crippen MR) is 76.5 cm³/mol. The number of nitrogens with two attached hydrogens (primary N) is 1. The van der Waals surface area contributed by atoms with Crippen LogP contribution in [0.15, 0.2) is 0 Å². The van der Waals surface area contributed by atoms with Crippen molar-refractivity contribution in [1.82, 2.24) is 8.68 Å². The molecule has 6 nitrogen and oxygen atoms in total. The maximum absolute atomic E-state index is 11.4. The average Bonchev–Trinajstić information content (AvgIpc) is 2.59. The van der Waals surface area contributed by atoms with Crippen LogP contribution in [-0.2, 0) is 10.0 Å². The number of aromatic nitrogens is 1. The van der Waals surface area contributed by atoms with Crippen molar-refractivity contribution in [3.05, 3.63) is 5.56 Å². The number of nitrogens with one attached hydrogen (secondary N) is 1. The van der Waals surface area contributed by atoms with E-state index in [2.05, 4.69) is 9.69 Å². The van der Waals surface area contributed by atoms with Gasteiger partial charge in [-0.05, 0) is 24.9 Å². The molecule has 0 unspecified atom stereocenters. The van der Waals surface area contributed by atoms with Gasteiger partial charge in [-0.15, -0.1) is 0 Å². The lowest BCUT2D eigenvalue weighted by Crippen LogP contribution is -2.31. The van der Waals surface area contributed by atoms with Crippen molar-refractivity contribution in [1.29, 1.82) is 0 Å². The molecule has 3 N–H and O–H groups in total. The molecule has 18 heavy (non-hydrogen) atoms. The van der Waals surface area contributed by atoms with Crippen LogP contribution >= 0.6 is 11.5 Å². The minimum Gasteiger partial charge on any atom is -0.383 e. The molecule has 0 aliphatic carbocycles. The van der Waals surface area contributed by atoms with Gasteiger partial charge in [-0.25, -0.2) is 12.7 Å². The Hall–Kier alpha value is -0.860. The first kappa shape index (κ1) is 15.2. The van der Waals surface area contributed by atoms with Gasteiger partial charge in [0.2, 0.25) is 10.0 Å². The highest BCUT2D eigenvalue weighted by molar-refractivity contribution is 7.88. The van der Waals surface area contributed by atoms with Crippen LogP contribution in [-0.4, -0.2) is 43.0 Å². The molecule has 1 aromatic heterocycles. The third kappa shape index (κ3) is 4.11. The van der Waals surface area contributed by atoms with E-state index in [0.29, 0.717) is 25.5 Å². The zero-order valence-corrected chi connectivity index (χ0v) is 12.6. The van der Waals surface area contributed by atoms with Gasteiger partial charge in [0.15, 0.2) is 0 Å². The standard InChI is InChI=1S/C10H20N4O2S2/c1-4-14(18(3,15)16)7-5-6-12-10-8(2)9(11)13-17-10/h12H,4-7H2,1-3H3,(H2,11,13). The van der Waals surface area contributed by atoms with E-state index in [1.54, 1.807) is 0 Å².